The van der Waals surface area contributed by atoms with E-state index in [1.165, 1.54) is 43.2 Å². The summed E-state index contributed by atoms with van der Waals surface area (Å²) >= 11 is 0. The molecule has 0 spiro atoms. The van der Waals surface area contributed by atoms with E-state index < -0.39 is 0 Å². The average Bonchev–Trinajstić information content (AvgIpc) is 2.52. The Balaban J connectivity index is 2.21. The van der Waals surface area contributed by atoms with Crippen molar-refractivity contribution in [3.05, 3.63) is 35.4 Å². The summed E-state index contributed by atoms with van der Waals surface area (Å²) < 4.78 is 5.49. The van der Waals surface area contributed by atoms with E-state index in [9.17, 15) is 0 Å². The van der Waals surface area contributed by atoms with Crippen LogP contribution in [0.5, 0.6) is 5.75 Å². The third-order valence-electron chi connectivity index (χ3n) is 4.32. The van der Waals surface area contributed by atoms with E-state index in [1.807, 2.05) is 12.1 Å². The summed E-state index contributed by atoms with van der Waals surface area (Å²) in [5, 5.41) is 3.59. The van der Waals surface area contributed by atoms with Crippen LogP contribution in [0.1, 0.15) is 51.5 Å². The van der Waals surface area contributed by atoms with Crippen LogP contribution in [-0.2, 0) is 0 Å². The molecule has 21 heavy (non-hydrogen) atoms. The maximum absolute atomic E-state index is 5.49. The summed E-state index contributed by atoms with van der Waals surface area (Å²) in [6.07, 6.45) is 9.16. The molecule has 0 amide bonds. The molecule has 1 N–H and O–H groups in total. The van der Waals surface area contributed by atoms with Crippen LogP contribution in [-0.4, -0.2) is 19.7 Å². The second-order valence-corrected chi connectivity index (χ2v) is 6.33. The number of nitrogens with one attached hydrogen (secondary N) is 1. The predicted octanol–water partition coefficient (Wildman–Crippen LogP) is 4.66. The van der Waals surface area contributed by atoms with Gasteiger partial charge in [0.25, 0.3) is 0 Å². The number of rotatable bonds is 6. The van der Waals surface area contributed by atoms with Crippen LogP contribution in [0.2, 0.25) is 0 Å². The van der Waals surface area contributed by atoms with Gasteiger partial charge in [0.1, 0.15) is 5.75 Å². The van der Waals surface area contributed by atoms with Crippen molar-refractivity contribution < 1.29 is 4.74 Å². The smallest absolute Gasteiger partial charge is 0.126 e. The third-order valence-corrected chi connectivity index (χ3v) is 4.32. The predicted molar refractivity (Wildman–Crippen MR) is 90.7 cm³/mol. The number of ether oxygens (including phenoxy) is 1. The van der Waals surface area contributed by atoms with Crippen molar-refractivity contribution in [2.45, 2.75) is 52.0 Å². The highest BCUT2D eigenvalue weighted by atomic mass is 16.5. The Hall–Kier alpha value is -1.28. The van der Waals surface area contributed by atoms with Crippen molar-refractivity contribution in [1.82, 2.24) is 5.32 Å². The van der Waals surface area contributed by atoms with Gasteiger partial charge in [-0.2, -0.15) is 0 Å². The Morgan fingerprint density at radius 1 is 1.24 bits per heavy atom. The Morgan fingerprint density at radius 2 is 1.95 bits per heavy atom. The van der Waals surface area contributed by atoms with Crippen LogP contribution in [0.25, 0.3) is 6.08 Å². The van der Waals surface area contributed by atoms with Crippen molar-refractivity contribution in [2.75, 3.05) is 13.7 Å². The molecule has 0 aliphatic heterocycles. The molecule has 116 valence electrons. The lowest BCUT2D eigenvalue weighted by Gasteiger charge is -2.26. The van der Waals surface area contributed by atoms with E-state index in [0.29, 0.717) is 6.04 Å². The second kappa shape index (κ2) is 8.23. The number of methoxy groups -OCH3 is 1. The Kier molecular flexibility index (Phi) is 6.31. The van der Waals surface area contributed by atoms with E-state index in [2.05, 4.69) is 37.4 Å². The highest BCUT2D eigenvalue weighted by Crippen LogP contribution is 2.32. The zero-order chi connectivity index (χ0) is 15.1. The topological polar surface area (TPSA) is 21.3 Å². The van der Waals surface area contributed by atoms with Gasteiger partial charge in [-0.05, 0) is 24.8 Å². The molecule has 1 aromatic rings. The van der Waals surface area contributed by atoms with Crippen LogP contribution in [0.4, 0.5) is 0 Å². The molecule has 0 heterocycles. The van der Waals surface area contributed by atoms with E-state index in [1.54, 1.807) is 7.11 Å². The molecule has 1 aliphatic carbocycles. The van der Waals surface area contributed by atoms with Crippen molar-refractivity contribution in [3.8, 4) is 5.75 Å². The fourth-order valence-corrected chi connectivity index (χ4v) is 3.09. The van der Waals surface area contributed by atoms with Crippen molar-refractivity contribution in [3.63, 3.8) is 0 Å². The van der Waals surface area contributed by atoms with Gasteiger partial charge < -0.3 is 10.1 Å². The molecule has 2 rings (SSSR count). The molecule has 1 fully saturated rings. The largest absolute Gasteiger partial charge is 0.496 e. The van der Waals surface area contributed by atoms with Crippen LogP contribution < -0.4 is 10.1 Å². The fourth-order valence-electron chi connectivity index (χ4n) is 3.09. The molecule has 0 saturated heterocycles. The summed E-state index contributed by atoms with van der Waals surface area (Å²) in [5.74, 6) is 1.70. The van der Waals surface area contributed by atoms with Gasteiger partial charge in [0.15, 0.2) is 0 Å². The minimum absolute atomic E-state index is 0.523. The first kappa shape index (κ1) is 16.1. The van der Waals surface area contributed by atoms with Gasteiger partial charge in [-0.1, -0.05) is 63.0 Å². The monoisotopic (exact) mass is 287 g/mol. The summed E-state index contributed by atoms with van der Waals surface area (Å²) in [6, 6.07) is 8.83. The van der Waals surface area contributed by atoms with E-state index >= 15 is 0 Å². The van der Waals surface area contributed by atoms with E-state index in [0.717, 1.165) is 18.2 Å². The molecular weight excluding hydrogens is 258 g/mol. The highest BCUT2D eigenvalue weighted by Gasteiger charge is 2.18. The second-order valence-electron chi connectivity index (χ2n) is 6.33. The summed E-state index contributed by atoms with van der Waals surface area (Å²) in [6.45, 7) is 5.41. The molecule has 0 radical (unpaired) electrons. The fraction of sp³-hybridized carbons (Fsp3) is 0.579. The van der Waals surface area contributed by atoms with Gasteiger partial charge in [-0.15, -0.1) is 0 Å². The van der Waals surface area contributed by atoms with Gasteiger partial charge in [-0.3, -0.25) is 0 Å². The zero-order valence-corrected chi connectivity index (χ0v) is 13.7. The molecular formula is C19H29NO. The molecule has 0 atom stereocenters. The number of benzene rings is 1. The average molecular weight is 287 g/mol. The van der Waals surface area contributed by atoms with E-state index in [4.69, 9.17) is 4.74 Å². The Bertz CT molecular complexity index is 458. The summed E-state index contributed by atoms with van der Waals surface area (Å²) in [5.41, 5.74) is 2.74. The molecule has 1 aliphatic rings. The maximum atomic E-state index is 5.49. The van der Waals surface area contributed by atoms with Gasteiger partial charge in [-0.25, -0.2) is 0 Å². The number of para-hydroxylation sites is 1. The van der Waals surface area contributed by atoms with Crippen LogP contribution in [0.3, 0.4) is 0 Å². The Morgan fingerprint density at radius 3 is 2.62 bits per heavy atom. The normalized spacial score (nSPS) is 17.2. The first-order chi connectivity index (χ1) is 10.2. The lowest BCUT2D eigenvalue weighted by molar-refractivity contribution is 0.393. The zero-order valence-electron chi connectivity index (χ0n) is 13.7. The molecule has 1 aromatic carbocycles. The quantitative estimate of drug-likeness (QED) is 0.822. The Labute approximate surface area is 129 Å². The molecule has 1 saturated carbocycles. The molecule has 2 nitrogen and oxygen atoms in total. The van der Waals surface area contributed by atoms with E-state index in [-0.39, 0.29) is 0 Å². The lowest BCUT2D eigenvalue weighted by atomic mass is 9.83. The SMILES string of the molecule is COc1ccccc1/C=C(/CNC(C)C)C1CCCCC1. The standard InChI is InChI=1S/C19H29NO/c1-15(2)20-14-18(16-9-5-4-6-10-16)13-17-11-7-8-12-19(17)21-3/h7-8,11-13,15-16,20H,4-6,9-10,14H2,1-3H3/b18-13-. The molecule has 0 unspecified atom stereocenters. The van der Waals surface area contributed by atoms with Crippen molar-refractivity contribution >= 4 is 6.08 Å². The summed E-state index contributed by atoms with van der Waals surface area (Å²) in [4.78, 5) is 0. The van der Waals surface area contributed by atoms with Gasteiger partial charge in [0, 0.05) is 18.2 Å². The van der Waals surface area contributed by atoms with Crippen LogP contribution >= 0.6 is 0 Å². The molecule has 2 heteroatoms. The lowest BCUT2D eigenvalue weighted by Crippen LogP contribution is -2.27. The van der Waals surface area contributed by atoms with Crippen molar-refractivity contribution in [2.24, 2.45) is 5.92 Å². The first-order valence-corrected chi connectivity index (χ1v) is 8.27. The van der Waals surface area contributed by atoms with Crippen LogP contribution in [0.15, 0.2) is 29.8 Å². The first-order valence-electron chi connectivity index (χ1n) is 8.27. The van der Waals surface area contributed by atoms with Gasteiger partial charge >= 0.3 is 0 Å². The summed E-state index contributed by atoms with van der Waals surface area (Å²) in [7, 11) is 1.75. The van der Waals surface area contributed by atoms with Crippen LogP contribution in [0, 0.1) is 5.92 Å². The maximum Gasteiger partial charge on any atom is 0.126 e. The third kappa shape index (κ3) is 4.89. The number of hydrogen-bond acceptors (Lipinski definition) is 2. The molecule has 0 bridgehead atoms. The minimum Gasteiger partial charge on any atom is -0.496 e. The molecule has 0 aromatic heterocycles. The highest BCUT2D eigenvalue weighted by molar-refractivity contribution is 5.60. The number of hydrogen-bond donors (Lipinski definition) is 1. The van der Waals surface area contributed by atoms with Gasteiger partial charge in [0.2, 0.25) is 0 Å². The van der Waals surface area contributed by atoms with Gasteiger partial charge in [0.05, 0.1) is 7.11 Å². The van der Waals surface area contributed by atoms with Crippen molar-refractivity contribution in [1.29, 1.82) is 0 Å². The minimum atomic E-state index is 0.523.